The van der Waals surface area contributed by atoms with Gasteiger partial charge in [0.15, 0.2) is 5.96 Å². The van der Waals surface area contributed by atoms with Crippen molar-refractivity contribution in [1.29, 1.82) is 0 Å². The zero-order valence-corrected chi connectivity index (χ0v) is 14.2. The maximum absolute atomic E-state index is 13.2. The van der Waals surface area contributed by atoms with Gasteiger partial charge in [0.25, 0.3) is 0 Å². The predicted molar refractivity (Wildman–Crippen MR) is 95.9 cm³/mol. The van der Waals surface area contributed by atoms with Crippen LogP contribution in [0, 0.1) is 5.82 Å². The van der Waals surface area contributed by atoms with Crippen molar-refractivity contribution in [3.05, 3.63) is 65.5 Å². The van der Waals surface area contributed by atoms with Crippen LogP contribution in [0.25, 0.3) is 0 Å². The SMILES string of the molecule is CCOc1ccccc1CCNC(=NC)NCc1cccc(F)c1. The van der Waals surface area contributed by atoms with E-state index in [0.29, 0.717) is 19.1 Å². The molecule has 2 aromatic rings. The van der Waals surface area contributed by atoms with Crippen molar-refractivity contribution in [3.63, 3.8) is 0 Å². The van der Waals surface area contributed by atoms with Crippen LogP contribution in [0.15, 0.2) is 53.5 Å². The summed E-state index contributed by atoms with van der Waals surface area (Å²) < 4.78 is 18.8. The molecule has 128 valence electrons. The standard InChI is InChI=1S/C19H24FN3O/c1-3-24-18-10-5-4-8-16(18)11-12-22-19(21-2)23-14-15-7-6-9-17(20)13-15/h4-10,13H,3,11-12,14H2,1-2H3,(H2,21,22,23). The van der Waals surface area contributed by atoms with Crippen LogP contribution in [0.2, 0.25) is 0 Å². The third-order valence-corrected chi connectivity index (χ3v) is 3.53. The Kier molecular flexibility index (Phi) is 7.08. The summed E-state index contributed by atoms with van der Waals surface area (Å²) in [7, 11) is 1.72. The molecule has 0 aliphatic carbocycles. The molecule has 0 saturated heterocycles. The van der Waals surface area contributed by atoms with Crippen LogP contribution in [-0.2, 0) is 13.0 Å². The highest BCUT2D eigenvalue weighted by Gasteiger charge is 2.03. The van der Waals surface area contributed by atoms with E-state index >= 15 is 0 Å². The number of nitrogens with one attached hydrogen (secondary N) is 2. The second kappa shape index (κ2) is 9.55. The number of guanidine groups is 1. The van der Waals surface area contributed by atoms with Crippen molar-refractivity contribution in [2.24, 2.45) is 4.99 Å². The van der Waals surface area contributed by atoms with Gasteiger partial charge in [0.05, 0.1) is 6.61 Å². The zero-order chi connectivity index (χ0) is 17.2. The molecular weight excluding hydrogens is 305 g/mol. The summed E-state index contributed by atoms with van der Waals surface area (Å²) in [5.74, 6) is 1.38. The molecule has 0 saturated carbocycles. The Morgan fingerprint density at radius 1 is 1.12 bits per heavy atom. The van der Waals surface area contributed by atoms with Crippen molar-refractivity contribution in [2.45, 2.75) is 19.9 Å². The lowest BCUT2D eigenvalue weighted by molar-refractivity contribution is 0.336. The Bertz CT molecular complexity index is 673. The van der Waals surface area contributed by atoms with Crippen LogP contribution in [0.3, 0.4) is 0 Å². The molecule has 0 unspecified atom stereocenters. The summed E-state index contributed by atoms with van der Waals surface area (Å²) in [6.45, 7) is 3.88. The summed E-state index contributed by atoms with van der Waals surface area (Å²) in [5, 5.41) is 6.44. The molecule has 0 fully saturated rings. The quantitative estimate of drug-likeness (QED) is 0.606. The number of aliphatic imine (C=N–C) groups is 1. The fourth-order valence-electron chi connectivity index (χ4n) is 2.38. The first kappa shape index (κ1) is 17.8. The molecule has 0 aromatic heterocycles. The topological polar surface area (TPSA) is 45.6 Å². The van der Waals surface area contributed by atoms with Crippen molar-refractivity contribution < 1.29 is 9.13 Å². The van der Waals surface area contributed by atoms with Crippen LogP contribution in [-0.4, -0.2) is 26.2 Å². The minimum atomic E-state index is -0.232. The normalized spacial score (nSPS) is 11.2. The summed E-state index contributed by atoms with van der Waals surface area (Å²) in [4.78, 5) is 4.18. The number of rotatable bonds is 7. The molecule has 2 N–H and O–H groups in total. The number of halogens is 1. The Morgan fingerprint density at radius 2 is 1.96 bits per heavy atom. The molecule has 4 nitrogen and oxygen atoms in total. The van der Waals surface area contributed by atoms with Crippen molar-refractivity contribution in [2.75, 3.05) is 20.2 Å². The predicted octanol–water partition coefficient (Wildman–Crippen LogP) is 3.13. The number of hydrogen-bond donors (Lipinski definition) is 2. The van der Waals surface area contributed by atoms with Gasteiger partial charge in [-0.25, -0.2) is 4.39 Å². The summed E-state index contributed by atoms with van der Waals surface area (Å²) in [5.41, 5.74) is 2.03. The van der Waals surface area contributed by atoms with Gasteiger partial charge in [-0.05, 0) is 42.7 Å². The van der Waals surface area contributed by atoms with E-state index in [-0.39, 0.29) is 5.82 Å². The first-order chi connectivity index (χ1) is 11.7. The van der Waals surface area contributed by atoms with Crippen molar-refractivity contribution in [3.8, 4) is 5.75 Å². The van der Waals surface area contributed by atoms with E-state index in [4.69, 9.17) is 4.74 Å². The highest BCUT2D eigenvalue weighted by molar-refractivity contribution is 5.79. The molecule has 0 spiro atoms. The van der Waals surface area contributed by atoms with Gasteiger partial charge < -0.3 is 15.4 Å². The van der Waals surface area contributed by atoms with Crippen LogP contribution >= 0.6 is 0 Å². The lowest BCUT2D eigenvalue weighted by Gasteiger charge is -2.13. The number of ether oxygens (including phenoxy) is 1. The Labute approximate surface area is 142 Å². The smallest absolute Gasteiger partial charge is 0.191 e. The van der Waals surface area contributed by atoms with E-state index in [1.807, 2.05) is 31.2 Å². The molecule has 2 aromatic carbocycles. The van der Waals surface area contributed by atoms with Gasteiger partial charge in [-0.2, -0.15) is 0 Å². The van der Waals surface area contributed by atoms with Crippen LogP contribution in [0.5, 0.6) is 5.75 Å². The summed E-state index contributed by atoms with van der Waals surface area (Å²) >= 11 is 0. The average molecular weight is 329 g/mol. The fourth-order valence-corrected chi connectivity index (χ4v) is 2.38. The van der Waals surface area contributed by atoms with Gasteiger partial charge in [0.2, 0.25) is 0 Å². The molecule has 0 aliphatic rings. The fraction of sp³-hybridized carbons (Fsp3) is 0.316. The van der Waals surface area contributed by atoms with Gasteiger partial charge in [-0.1, -0.05) is 30.3 Å². The average Bonchev–Trinajstić information content (AvgIpc) is 2.59. The van der Waals surface area contributed by atoms with E-state index < -0.39 is 0 Å². The van der Waals surface area contributed by atoms with E-state index in [1.165, 1.54) is 12.1 Å². The molecule has 0 bridgehead atoms. The van der Waals surface area contributed by atoms with Crippen molar-refractivity contribution >= 4 is 5.96 Å². The molecule has 0 amide bonds. The third kappa shape index (κ3) is 5.57. The van der Waals surface area contributed by atoms with Crippen LogP contribution < -0.4 is 15.4 Å². The van der Waals surface area contributed by atoms with Crippen LogP contribution in [0.1, 0.15) is 18.1 Å². The highest BCUT2D eigenvalue weighted by Crippen LogP contribution is 2.17. The largest absolute Gasteiger partial charge is 0.494 e. The minimum Gasteiger partial charge on any atom is -0.494 e. The first-order valence-corrected chi connectivity index (χ1v) is 8.12. The molecule has 5 heteroatoms. The van der Waals surface area contributed by atoms with E-state index in [1.54, 1.807) is 13.1 Å². The molecular formula is C19H24FN3O. The van der Waals surface area contributed by atoms with Gasteiger partial charge in [-0.3, -0.25) is 4.99 Å². The highest BCUT2D eigenvalue weighted by atomic mass is 19.1. The maximum Gasteiger partial charge on any atom is 0.191 e. The monoisotopic (exact) mass is 329 g/mol. The minimum absolute atomic E-state index is 0.232. The summed E-state index contributed by atoms with van der Waals surface area (Å²) in [6, 6.07) is 14.6. The van der Waals surface area contributed by atoms with Crippen LogP contribution in [0.4, 0.5) is 4.39 Å². The number of nitrogens with zero attached hydrogens (tertiary/aromatic N) is 1. The lowest BCUT2D eigenvalue weighted by Crippen LogP contribution is -2.37. The molecule has 24 heavy (non-hydrogen) atoms. The molecule has 0 atom stereocenters. The first-order valence-electron chi connectivity index (χ1n) is 8.12. The van der Waals surface area contributed by atoms with E-state index in [9.17, 15) is 4.39 Å². The molecule has 0 radical (unpaired) electrons. The zero-order valence-electron chi connectivity index (χ0n) is 14.2. The van der Waals surface area contributed by atoms with E-state index in [0.717, 1.165) is 29.8 Å². The van der Waals surface area contributed by atoms with Gasteiger partial charge in [0.1, 0.15) is 11.6 Å². The molecule has 0 heterocycles. The number of para-hydroxylation sites is 1. The molecule has 2 rings (SSSR count). The number of benzene rings is 2. The Balaban J connectivity index is 1.82. The number of hydrogen-bond acceptors (Lipinski definition) is 2. The van der Waals surface area contributed by atoms with E-state index in [2.05, 4.69) is 21.7 Å². The van der Waals surface area contributed by atoms with Gasteiger partial charge in [0, 0.05) is 20.1 Å². The third-order valence-electron chi connectivity index (χ3n) is 3.53. The van der Waals surface area contributed by atoms with Gasteiger partial charge >= 0.3 is 0 Å². The molecule has 0 aliphatic heterocycles. The Morgan fingerprint density at radius 3 is 2.71 bits per heavy atom. The maximum atomic E-state index is 13.2. The summed E-state index contributed by atoms with van der Waals surface area (Å²) in [6.07, 6.45) is 0.830. The second-order valence-corrected chi connectivity index (χ2v) is 5.27. The Hall–Kier alpha value is -2.56. The van der Waals surface area contributed by atoms with Gasteiger partial charge in [-0.15, -0.1) is 0 Å². The van der Waals surface area contributed by atoms with Crippen molar-refractivity contribution in [1.82, 2.24) is 10.6 Å². The second-order valence-electron chi connectivity index (χ2n) is 5.27. The lowest BCUT2D eigenvalue weighted by atomic mass is 10.1.